The lowest BCUT2D eigenvalue weighted by Crippen LogP contribution is -2.37. The number of piperidine rings is 1. The van der Waals surface area contributed by atoms with Crippen molar-refractivity contribution in [3.63, 3.8) is 0 Å². The van der Waals surface area contributed by atoms with Crippen LogP contribution in [0, 0.1) is 9.49 Å². The fourth-order valence-electron chi connectivity index (χ4n) is 1.84. The monoisotopic (exact) mass is 337 g/mol. The zero-order valence-corrected chi connectivity index (χ0v) is 11.3. The number of halogens is 2. The highest BCUT2D eigenvalue weighted by Gasteiger charge is 2.20. The number of hydrogen-bond acceptors (Lipinski definition) is 3. The molecule has 5 heteroatoms. The fraction of sp³-hybridized carbons (Fsp3) is 0.600. The molecule has 1 saturated heterocycles. The van der Waals surface area contributed by atoms with Gasteiger partial charge in [-0.05, 0) is 41.4 Å². The summed E-state index contributed by atoms with van der Waals surface area (Å²) in [6.45, 7) is 2.04. The van der Waals surface area contributed by atoms with E-state index in [0.29, 0.717) is 5.92 Å². The highest BCUT2D eigenvalue weighted by Crippen LogP contribution is 2.20. The lowest BCUT2D eigenvalue weighted by atomic mass is 10.0. The van der Waals surface area contributed by atoms with Crippen LogP contribution in [0.1, 0.15) is 12.8 Å². The van der Waals surface area contributed by atoms with Gasteiger partial charge in [-0.2, -0.15) is 0 Å². The van der Waals surface area contributed by atoms with Gasteiger partial charge in [0.25, 0.3) is 0 Å². The number of alkyl halides is 1. The van der Waals surface area contributed by atoms with Crippen molar-refractivity contribution >= 4 is 40.1 Å². The quantitative estimate of drug-likeness (QED) is 0.613. The first-order chi connectivity index (χ1) is 7.29. The minimum atomic E-state index is 0.586. The molecule has 0 bridgehead atoms. The number of rotatable bonds is 2. The van der Waals surface area contributed by atoms with Crippen LogP contribution in [0.5, 0.6) is 0 Å². The first-order valence-electron chi connectivity index (χ1n) is 5.08. The number of nitrogens with zero attached hydrogens (tertiary/aromatic N) is 3. The van der Waals surface area contributed by atoms with Crippen LogP contribution in [0.3, 0.4) is 0 Å². The van der Waals surface area contributed by atoms with Crippen molar-refractivity contribution in [1.29, 1.82) is 0 Å². The molecule has 1 aromatic heterocycles. The molecule has 0 aliphatic carbocycles. The summed E-state index contributed by atoms with van der Waals surface area (Å²) in [6, 6.07) is 0. The normalized spacial score (nSPS) is 21.7. The third kappa shape index (κ3) is 2.93. The van der Waals surface area contributed by atoms with E-state index in [-0.39, 0.29) is 0 Å². The van der Waals surface area contributed by atoms with Crippen molar-refractivity contribution < 1.29 is 0 Å². The van der Waals surface area contributed by atoms with Gasteiger partial charge < -0.3 is 4.90 Å². The average molecular weight is 338 g/mol. The predicted octanol–water partition coefficient (Wildman–Crippen LogP) is 2.54. The first kappa shape index (κ1) is 11.4. The van der Waals surface area contributed by atoms with Gasteiger partial charge >= 0.3 is 0 Å². The van der Waals surface area contributed by atoms with Gasteiger partial charge in [-0.1, -0.05) is 0 Å². The SMILES string of the molecule is ClCC1CCCN(c2ncc(I)cn2)C1. The van der Waals surface area contributed by atoms with Gasteiger partial charge in [-0.25, -0.2) is 9.97 Å². The van der Waals surface area contributed by atoms with Crippen molar-refractivity contribution in [2.75, 3.05) is 23.9 Å². The fourth-order valence-corrected chi connectivity index (χ4v) is 2.37. The van der Waals surface area contributed by atoms with Crippen LogP contribution in [0.4, 0.5) is 5.95 Å². The Kier molecular flexibility index (Phi) is 4.02. The molecule has 1 unspecified atom stereocenters. The lowest BCUT2D eigenvalue weighted by molar-refractivity contribution is 0.446. The summed E-state index contributed by atoms with van der Waals surface area (Å²) >= 11 is 8.10. The zero-order chi connectivity index (χ0) is 10.7. The van der Waals surface area contributed by atoms with Gasteiger partial charge in [0, 0.05) is 34.9 Å². The largest absolute Gasteiger partial charge is 0.341 e. The van der Waals surface area contributed by atoms with Gasteiger partial charge in [-0.3, -0.25) is 0 Å². The molecule has 3 nitrogen and oxygen atoms in total. The van der Waals surface area contributed by atoms with Crippen molar-refractivity contribution in [3.05, 3.63) is 16.0 Å². The number of aromatic nitrogens is 2. The van der Waals surface area contributed by atoms with E-state index in [1.807, 2.05) is 12.4 Å². The van der Waals surface area contributed by atoms with Crippen LogP contribution in [-0.2, 0) is 0 Å². The molecule has 0 N–H and O–H groups in total. The Morgan fingerprint density at radius 3 is 2.87 bits per heavy atom. The molecule has 2 rings (SSSR count). The van der Waals surface area contributed by atoms with Gasteiger partial charge in [0.05, 0.1) is 0 Å². The van der Waals surface area contributed by atoms with E-state index in [9.17, 15) is 0 Å². The molecule has 1 aliphatic rings. The summed E-state index contributed by atoms with van der Waals surface area (Å²) in [5, 5.41) is 0. The molecule has 1 aromatic rings. The number of hydrogen-bond donors (Lipinski definition) is 0. The minimum Gasteiger partial charge on any atom is -0.341 e. The van der Waals surface area contributed by atoms with E-state index < -0.39 is 0 Å². The van der Waals surface area contributed by atoms with Crippen LogP contribution in [0.15, 0.2) is 12.4 Å². The summed E-state index contributed by atoms with van der Waals surface area (Å²) in [6.07, 6.45) is 6.12. The van der Waals surface area contributed by atoms with Crippen molar-refractivity contribution in [2.45, 2.75) is 12.8 Å². The Morgan fingerprint density at radius 2 is 2.20 bits per heavy atom. The molecule has 1 aliphatic heterocycles. The van der Waals surface area contributed by atoms with E-state index in [2.05, 4.69) is 37.5 Å². The second-order valence-corrected chi connectivity index (χ2v) is 5.36. The Bertz CT molecular complexity index is 317. The predicted molar refractivity (Wildman–Crippen MR) is 70.4 cm³/mol. The minimum absolute atomic E-state index is 0.586. The molecule has 1 fully saturated rings. The molecule has 15 heavy (non-hydrogen) atoms. The van der Waals surface area contributed by atoms with E-state index in [1.165, 1.54) is 12.8 Å². The van der Waals surface area contributed by atoms with E-state index >= 15 is 0 Å². The van der Waals surface area contributed by atoms with Crippen LogP contribution < -0.4 is 4.90 Å². The topological polar surface area (TPSA) is 29.0 Å². The molecule has 0 amide bonds. The molecule has 0 aromatic carbocycles. The molecular formula is C10H13ClIN3. The van der Waals surface area contributed by atoms with E-state index in [0.717, 1.165) is 28.5 Å². The van der Waals surface area contributed by atoms with E-state index in [1.54, 1.807) is 0 Å². The van der Waals surface area contributed by atoms with Gasteiger partial charge in [0.15, 0.2) is 0 Å². The maximum atomic E-state index is 5.89. The molecule has 82 valence electrons. The summed E-state index contributed by atoms with van der Waals surface area (Å²) in [5.41, 5.74) is 0. The standard InChI is InChI=1S/C10H13ClIN3/c11-4-8-2-1-3-15(7-8)10-13-5-9(12)6-14-10/h5-6,8H,1-4,7H2. The molecule has 0 radical (unpaired) electrons. The van der Waals surface area contributed by atoms with Crippen molar-refractivity contribution in [3.8, 4) is 0 Å². The summed E-state index contributed by atoms with van der Waals surface area (Å²) in [7, 11) is 0. The second kappa shape index (κ2) is 5.30. The molecule has 2 heterocycles. The summed E-state index contributed by atoms with van der Waals surface area (Å²) in [5.74, 6) is 2.16. The average Bonchev–Trinajstić information content (AvgIpc) is 2.30. The van der Waals surface area contributed by atoms with Gasteiger partial charge in [0.1, 0.15) is 0 Å². The van der Waals surface area contributed by atoms with Crippen LogP contribution >= 0.6 is 34.2 Å². The maximum Gasteiger partial charge on any atom is 0.225 e. The third-order valence-electron chi connectivity index (χ3n) is 2.63. The molecule has 1 atom stereocenters. The third-order valence-corrected chi connectivity index (χ3v) is 3.62. The summed E-state index contributed by atoms with van der Waals surface area (Å²) in [4.78, 5) is 10.9. The van der Waals surface area contributed by atoms with Crippen molar-refractivity contribution in [2.24, 2.45) is 5.92 Å². The van der Waals surface area contributed by atoms with Crippen LogP contribution in [0.2, 0.25) is 0 Å². The first-order valence-corrected chi connectivity index (χ1v) is 6.69. The molecule has 0 saturated carbocycles. The second-order valence-electron chi connectivity index (χ2n) is 3.81. The van der Waals surface area contributed by atoms with Crippen LogP contribution in [0.25, 0.3) is 0 Å². The van der Waals surface area contributed by atoms with Crippen molar-refractivity contribution in [1.82, 2.24) is 9.97 Å². The van der Waals surface area contributed by atoms with E-state index in [4.69, 9.17) is 11.6 Å². The number of anilines is 1. The maximum absolute atomic E-state index is 5.89. The Labute approximate surface area is 108 Å². The van der Waals surface area contributed by atoms with Crippen LogP contribution in [-0.4, -0.2) is 28.9 Å². The Hall–Kier alpha value is -0.100. The highest BCUT2D eigenvalue weighted by molar-refractivity contribution is 14.1. The van der Waals surface area contributed by atoms with Gasteiger partial charge in [0.2, 0.25) is 5.95 Å². The lowest BCUT2D eigenvalue weighted by Gasteiger charge is -2.31. The Morgan fingerprint density at radius 1 is 1.47 bits per heavy atom. The zero-order valence-electron chi connectivity index (χ0n) is 8.37. The molecule has 0 spiro atoms. The van der Waals surface area contributed by atoms with Gasteiger partial charge in [-0.15, -0.1) is 11.6 Å². The summed E-state index contributed by atoms with van der Waals surface area (Å²) < 4.78 is 1.07. The molecular weight excluding hydrogens is 324 g/mol. The smallest absolute Gasteiger partial charge is 0.225 e. The Balaban J connectivity index is 2.06. The highest BCUT2D eigenvalue weighted by atomic mass is 127.